The molecule has 1 saturated carbocycles. The minimum absolute atomic E-state index is 0.0902. The van der Waals surface area contributed by atoms with Crippen molar-refractivity contribution >= 4 is 28.6 Å². The van der Waals surface area contributed by atoms with Gasteiger partial charge in [0.2, 0.25) is 0 Å². The van der Waals surface area contributed by atoms with Gasteiger partial charge in [0, 0.05) is 34.3 Å². The number of carbonyl (C=O) groups excluding carboxylic acids is 1. The number of rotatable bonds is 5. The second-order valence-corrected chi connectivity index (χ2v) is 8.48. The lowest BCUT2D eigenvalue weighted by molar-refractivity contribution is 0.102. The number of hydrogen-bond acceptors (Lipinski definition) is 5. The third-order valence-electron chi connectivity index (χ3n) is 5.58. The third-order valence-corrected chi connectivity index (χ3v) is 6.63. The molecule has 2 aromatic heterocycles. The molecule has 1 fully saturated rings. The Hall–Kier alpha value is -3.58. The molecule has 3 N–H and O–H groups in total. The van der Waals surface area contributed by atoms with E-state index in [0.717, 1.165) is 34.7 Å². The zero-order valence-electron chi connectivity index (χ0n) is 16.5. The number of benzene rings is 2. The lowest BCUT2D eigenvalue weighted by Gasteiger charge is -2.14. The number of nitrogens with one attached hydrogen (secondary N) is 1. The van der Waals surface area contributed by atoms with E-state index in [1.807, 2.05) is 30.5 Å². The number of amides is 1. The molecule has 2 heterocycles. The van der Waals surface area contributed by atoms with Crippen molar-refractivity contribution in [2.45, 2.75) is 18.3 Å². The van der Waals surface area contributed by atoms with Crippen LogP contribution in [0.2, 0.25) is 0 Å². The Morgan fingerprint density at radius 3 is 2.65 bits per heavy atom. The SMILES string of the molecule is Nc1ccc(F)cc1NC(=O)c1ccc(C2(c3nc(-c4cccnc4)cs3)CC2)cc1. The lowest BCUT2D eigenvalue weighted by atomic mass is 9.95. The molecule has 0 atom stereocenters. The number of carbonyl (C=O) groups is 1. The topological polar surface area (TPSA) is 80.9 Å². The number of thiazole rings is 1. The molecule has 7 heteroatoms. The van der Waals surface area contributed by atoms with Gasteiger partial charge in [-0.25, -0.2) is 9.37 Å². The molecule has 0 aliphatic heterocycles. The molecule has 5 nitrogen and oxygen atoms in total. The third kappa shape index (κ3) is 3.68. The number of anilines is 2. The van der Waals surface area contributed by atoms with Crippen LogP contribution in [0.4, 0.5) is 15.8 Å². The summed E-state index contributed by atoms with van der Waals surface area (Å²) in [5.74, 6) is -0.786. The average molecular weight is 431 g/mol. The number of nitrogens with two attached hydrogens (primary N) is 1. The van der Waals surface area contributed by atoms with Gasteiger partial charge in [-0.2, -0.15) is 0 Å². The molecular formula is C24H19FN4OS. The van der Waals surface area contributed by atoms with Crippen molar-refractivity contribution in [2.24, 2.45) is 0 Å². The zero-order valence-corrected chi connectivity index (χ0v) is 17.3. The highest BCUT2D eigenvalue weighted by Gasteiger charge is 2.48. The number of halogens is 1. The fourth-order valence-corrected chi connectivity index (χ4v) is 4.77. The van der Waals surface area contributed by atoms with Crippen LogP contribution in [0.1, 0.15) is 33.8 Å². The lowest BCUT2D eigenvalue weighted by Crippen LogP contribution is -2.14. The van der Waals surface area contributed by atoms with Crippen LogP contribution >= 0.6 is 11.3 Å². The Kier molecular flexibility index (Phi) is 4.75. The summed E-state index contributed by atoms with van der Waals surface area (Å²) < 4.78 is 13.4. The Bertz CT molecular complexity index is 1250. The summed E-state index contributed by atoms with van der Waals surface area (Å²) in [6, 6.07) is 15.3. The first kappa shape index (κ1) is 19.4. The summed E-state index contributed by atoms with van der Waals surface area (Å²) in [6.07, 6.45) is 5.62. The average Bonchev–Trinajstić information content (AvgIpc) is 3.46. The van der Waals surface area contributed by atoms with Crippen LogP contribution in [-0.4, -0.2) is 15.9 Å². The Morgan fingerprint density at radius 1 is 1.13 bits per heavy atom. The number of aromatic nitrogens is 2. The van der Waals surface area contributed by atoms with E-state index in [1.165, 1.54) is 18.2 Å². The van der Waals surface area contributed by atoms with Gasteiger partial charge in [0.1, 0.15) is 10.8 Å². The van der Waals surface area contributed by atoms with Crippen molar-refractivity contribution in [2.75, 3.05) is 11.1 Å². The molecule has 5 rings (SSSR count). The zero-order chi connectivity index (χ0) is 21.4. The maximum atomic E-state index is 13.4. The molecule has 1 aliphatic rings. The van der Waals surface area contributed by atoms with Crippen LogP contribution in [-0.2, 0) is 5.41 Å². The minimum Gasteiger partial charge on any atom is -0.397 e. The van der Waals surface area contributed by atoms with E-state index in [1.54, 1.807) is 29.7 Å². The van der Waals surface area contributed by atoms with Gasteiger partial charge in [0.05, 0.1) is 17.1 Å². The van der Waals surface area contributed by atoms with E-state index in [2.05, 4.69) is 15.7 Å². The van der Waals surface area contributed by atoms with Crippen molar-refractivity contribution in [3.63, 3.8) is 0 Å². The standard InChI is InChI=1S/C24H19FN4OS/c25-18-7-8-19(26)20(12-18)28-22(30)15-3-5-17(6-4-15)24(9-10-24)23-29-21(14-31-23)16-2-1-11-27-13-16/h1-8,11-14H,9-10,26H2,(H,28,30). The Morgan fingerprint density at radius 2 is 1.94 bits per heavy atom. The summed E-state index contributed by atoms with van der Waals surface area (Å²) in [7, 11) is 0. The van der Waals surface area contributed by atoms with E-state index < -0.39 is 5.82 Å². The van der Waals surface area contributed by atoms with E-state index in [-0.39, 0.29) is 17.0 Å². The normalized spacial score (nSPS) is 14.2. The molecule has 2 aromatic carbocycles. The quantitative estimate of drug-likeness (QED) is 0.423. The second kappa shape index (κ2) is 7.59. The molecule has 1 aliphatic carbocycles. The number of nitrogen functional groups attached to an aromatic ring is 1. The minimum atomic E-state index is -0.454. The molecule has 0 spiro atoms. The van der Waals surface area contributed by atoms with Gasteiger partial charge >= 0.3 is 0 Å². The summed E-state index contributed by atoms with van der Waals surface area (Å²) in [6.45, 7) is 0. The summed E-state index contributed by atoms with van der Waals surface area (Å²) in [5.41, 5.74) is 9.87. The predicted octanol–water partition coefficient (Wildman–Crippen LogP) is 5.26. The van der Waals surface area contributed by atoms with Gasteiger partial charge in [-0.05, 0) is 60.9 Å². The van der Waals surface area contributed by atoms with E-state index >= 15 is 0 Å². The van der Waals surface area contributed by atoms with Gasteiger partial charge in [-0.15, -0.1) is 11.3 Å². The number of hydrogen-bond donors (Lipinski definition) is 2. The maximum absolute atomic E-state index is 13.4. The maximum Gasteiger partial charge on any atom is 0.255 e. The van der Waals surface area contributed by atoms with Gasteiger partial charge in [0.15, 0.2) is 0 Å². The largest absolute Gasteiger partial charge is 0.397 e. The van der Waals surface area contributed by atoms with Crippen LogP contribution in [0.5, 0.6) is 0 Å². The fraction of sp³-hybridized carbons (Fsp3) is 0.125. The number of pyridine rings is 1. The van der Waals surface area contributed by atoms with Crippen LogP contribution in [0.25, 0.3) is 11.3 Å². The van der Waals surface area contributed by atoms with Crippen molar-refractivity contribution in [3.05, 3.63) is 94.3 Å². The smallest absolute Gasteiger partial charge is 0.255 e. The molecule has 4 aromatic rings. The van der Waals surface area contributed by atoms with Gasteiger partial charge < -0.3 is 11.1 Å². The first-order chi connectivity index (χ1) is 15.0. The predicted molar refractivity (Wildman–Crippen MR) is 121 cm³/mol. The second-order valence-electron chi connectivity index (χ2n) is 7.62. The van der Waals surface area contributed by atoms with E-state index in [0.29, 0.717) is 11.3 Å². The van der Waals surface area contributed by atoms with E-state index in [4.69, 9.17) is 10.7 Å². The van der Waals surface area contributed by atoms with Crippen molar-refractivity contribution in [3.8, 4) is 11.3 Å². The van der Waals surface area contributed by atoms with Crippen LogP contribution < -0.4 is 11.1 Å². The fourth-order valence-electron chi connectivity index (χ4n) is 3.66. The van der Waals surface area contributed by atoms with Crippen molar-refractivity contribution in [1.29, 1.82) is 0 Å². The Labute approximate surface area is 182 Å². The molecule has 154 valence electrons. The molecule has 0 bridgehead atoms. The molecule has 0 saturated heterocycles. The highest BCUT2D eigenvalue weighted by molar-refractivity contribution is 7.10. The van der Waals surface area contributed by atoms with Gasteiger partial charge in [0.25, 0.3) is 5.91 Å². The van der Waals surface area contributed by atoms with E-state index in [9.17, 15) is 9.18 Å². The first-order valence-corrected chi connectivity index (χ1v) is 10.8. The molecule has 31 heavy (non-hydrogen) atoms. The summed E-state index contributed by atoms with van der Waals surface area (Å²) >= 11 is 1.66. The van der Waals surface area contributed by atoms with Crippen LogP contribution in [0.3, 0.4) is 0 Å². The molecule has 0 unspecified atom stereocenters. The number of nitrogens with zero attached hydrogens (tertiary/aromatic N) is 2. The highest BCUT2D eigenvalue weighted by atomic mass is 32.1. The van der Waals surface area contributed by atoms with Crippen LogP contribution in [0.15, 0.2) is 72.4 Å². The molecule has 0 radical (unpaired) electrons. The van der Waals surface area contributed by atoms with Crippen molar-refractivity contribution < 1.29 is 9.18 Å². The van der Waals surface area contributed by atoms with Gasteiger partial charge in [-0.1, -0.05) is 12.1 Å². The summed E-state index contributed by atoms with van der Waals surface area (Å²) in [4.78, 5) is 21.6. The Balaban J connectivity index is 1.36. The monoisotopic (exact) mass is 430 g/mol. The first-order valence-electron chi connectivity index (χ1n) is 9.88. The van der Waals surface area contributed by atoms with Crippen LogP contribution in [0, 0.1) is 5.82 Å². The highest BCUT2D eigenvalue weighted by Crippen LogP contribution is 2.54. The summed E-state index contributed by atoms with van der Waals surface area (Å²) in [5, 5.41) is 5.82. The van der Waals surface area contributed by atoms with Gasteiger partial charge in [-0.3, -0.25) is 9.78 Å². The molecule has 1 amide bonds. The molecular weight excluding hydrogens is 411 g/mol. The van der Waals surface area contributed by atoms with Crippen molar-refractivity contribution in [1.82, 2.24) is 9.97 Å².